The fourth-order valence-corrected chi connectivity index (χ4v) is 4.31. The lowest BCUT2D eigenvalue weighted by molar-refractivity contribution is -0.127. The Labute approximate surface area is 216 Å². The van der Waals surface area contributed by atoms with Crippen LogP contribution in [0.2, 0.25) is 0 Å². The van der Waals surface area contributed by atoms with E-state index in [-0.39, 0.29) is 17.7 Å². The number of carbonyl (C=O) groups excluding carboxylic acids is 2. The molecule has 0 aliphatic heterocycles. The first-order valence-electron chi connectivity index (χ1n) is 13.2. The first-order valence-corrected chi connectivity index (χ1v) is 13.2. The molecule has 194 valence electrons. The number of benzene rings is 1. The fraction of sp³-hybridized carbons (Fsp3) is 0.444. The molecule has 2 saturated carbocycles. The first-order chi connectivity index (χ1) is 18.2. The number of rotatable bonds is 13. The molecule has 1 aromatic carbocycles. The molecular formula is C27H34N8O2. The van der Waals surface area contributed by atoms with E-state index in [1.165, 1.54) is 0 Å². The van der Waals surface area contributed by atoms with Gasteiger partial charge in [0.15, 0.2) is 0 Å². The van der Waals surface area contributed by atoms with E-state index < -0.39 is 0 Å². The van der Waals surface area contributed by atoms with Crippen LogP contribution in [0.15, 0.2) is 43.0 Å². The van der Waals surface area contributed by atoms with E-state index in [2.05, 4.69) is 36.2 Å². The minimum Gasteiger partial charge on any atom is -0.370 e. The number of amides is 2. The summed E-state index contributed by atoms with van der Waals surface area (Å²) in [4.78, 5) is 40.9. The van der Waals surface area contributed by atoms with E-state index in [1.807, 2.05) is 18.3 Å². The molecule has 2 heterocycles. The molecule has 2 fully saturated rings. The maximum Gasteiger partial charge on any atom is 0.251 e. The molecular weight excluding hydrogens is 468 g/mol. The third-order valence-corrected chi connectivity index (χ3v) is 6.87. The average Bonchev–Trinajstić information content (AvgIpc) is 3.58. The largest absolute Gasteiger partial charge is 0.370 e. The molecule has 0 spiro atoms. The van der Waals surface area contributed by atoms with Crippen molar-refractivity contribution >= 4 is 29.3 Å². The highest BCUT2D eigenvalue weighted by molar-refractivity contribution is 5.95. The second kappa shape index (κ2) is 11.9. The molecule has 2 aromatic heterocycles. The van der Waals surface area contributed by atoms with Gasteiger partial charge in [-0.25, -0.2) is 9.97 Å². The SMILES string of the molecule is O=C(NCCc1cnc[nH]1)c1cccc(Nc2ncc(C3CC3)c(NCCCNC(=O)C3CCC3)n2)c1. The second-order valence-electron chi connectivity index (χ2n) is 9.76. The summed E-state index contributed by atoms with van der Waals surface area (Å²) in [6.45, 7) is 1.90. The zero-order valence-corrected chi connectivity index (χ0v) is 20.9. The number of imidazole rings is 1. The van der Waals surface area contributed by atoms with Gasteiger partial charge in [0.1, 0.15) is 5.82 Å². The predicted octanol–water partition coefficient (Wildman–Crippen LogP) is 3.51. The number of hydrogen-bond acceptors (Lipinski definition) is 7. The highest BCUT2D eigenvalue weighted by atomic mass is 16.2. The van der Waals surface area contributed by atoms with Crippen LogP contribution in [0, 0.1) is 5.92 Å². The van der Waals surface area contributed by atoms with Gasteiger partial charge >= 0.3 is 0 Å². The molecule has 2 amide bonds. The smallest absolute Gasteiger partial charge is 0.251 e. The van der Waals surface area contributed by atoms with E-state index in [9.17, 15) is 9.59 Å². The Morgan fingerprint density at radius 2 is 1.92 bits per heavy atom. The number of anilines is 3. The normalized spacial score (nSPS) is 15.0. The molecule has 5 N–H and O–H groups in total. The summed E-state index contributed by atoms with van der Waals surface area (Å²) in [6.07, 6.45) is 12.3. The topological polar surface area (TPSA) is 137 Å². The van der Waals surface area contributed by atoms with Gasteiger partial charge in [-0.2, -0.15) is 4.98 Å². The summed E-state index contributed by atoms with van der Waals surface area (Å²) in [5, 5.41) is 12.6. The maximum atomic E-state index is 12.6. The summed E-state index contributed by atoms with van der Waals surface area (Å²) >= 11 is 0. The van der Waals surface area contributed by atoms with Gasteiger partial charge < -0.3 is 26.3 Å². The molecule has 37 heavy (non-hydrogen) atoms. The molecule has 0 atom stereocenters. The van der Waals surface area contributed by atoms with Crippen LogP contribution < -0.4 is 21.3 Å². The summed E-state index contributed by atoms with van der Waals surface area (Å²) in [6, 6.07) is 7.30. The van der Waals surface area contributed by atoms with Crippen molar-refractivity contribution in [2.45, 2.75) is 50.9 Å². The van der Waals surface area contributed by atoms with Crippen LogP contribution in [0.3, 0.4) is 0 Å². The summed E-state index contributed by atoms with van der Waals surface area (Å²) in [5.74, 6) is 2.08. The summed E-state index contributed by atoms with van der Waals surface area (Å²) < 4.78 is 0. The van der Waals surface area contributed by atoms with Gasteiger partial charge in [-0.15, -0.1) is 0 Å². The van der Waals surface area contributed by atoms with Crippen molar-refractivity contribution in [1.82, 2.24) is 30.6 Å². The lowest BCUT2D eigenvalue weighted by Crippen LogP contribution is -2.35. The highest BCUT2D eigenvalue weighted by Gasteiger charge is 2.28. The Morgan fingerprint density at radius 1 is 1.03 bits per heavy atom. The van der Waals surface area contributed by atoms with Gasteiger partial charge in [0.2, 0.25) is 11.9 Å². The van der Waals surface area contributed by atoms with E-state index in [0.29, 0.717) is 36.9 Å². The van der Waals surface area contributed by atoms with E-state index in [0.717, 1.165) is 67.8 Å². The Hall–Kier alpha value is -3.95. The lowest BCUT2D eigenvalue weighted by atomic mass is 9.85. The summed E-state index contributed by atoms with van der Waals surface area (Å²) in [5.41, 5.74) is 3.41. The number of hydrogen-bond donors (Lipinski definition) is 5. The highest BCUT2D eigenvalue weighted by Crippen LogP contribution is 2.42. The van der Waals surface area contributed by atoms with E-state index in [1.54, 1.807) is 24.7 Å². The third kappa shape index (κ3) is 6.84. The Bertz CT molecular complexity index is 1200. The van der Waals surface area contributed by atoms with Crippen molar-refractivity contribution in [2.24, 2.45) is 5.92 Å². The summed E-state index contributed by atoms with van der Waals surface area (Å²) in [7, 11) is 0. The molecule has 2 aliphatic rings. The Kier molecular flexibility index (Phi) is 7.93. The molecule has 3 aromatic rings. The van der Waals surface area contributed by atoms with Crippen molar-refractivity contribution in [3.05, 3.63) is 59.8 Å². The van der Waals surface area contributed by atoms with Crippen molar-refractivity contribution in [3.8, 4) is 0 Å². The number of nitrogens with zero attached hydrogens (tertiary/aromatic N) is 3. The van der Waals surface area contributed by atoms with Gasteiger partial charge in [-0.3, -0.25) is 9.59 Å². The van der Waals surface area contributed by atoms with Crippen molar-refractivity contribution in [1.29, 1.82) is 0 Å². The van der Waals surface area contributed by atoms with Crippen LogP contribution in [-0.2, 0) is 11.2 Å². The minimum atomic E-state index is -0.139. The van der Waals surface area contributed by atoms with E-state index >= 15 is 0 Å². The zero-order valence-electron chi connectivity index (χ0n) is 20.9. The first kappa shape index (κ1) is 24.7. The van der Waals surface area contributed by atoms with Crippen molar-refractivity contribution in [3.63, 3.8) is 0 Å². The number of nitrogens with one attached hydrogen (secondary N) is 5. The number of carbonyl (C=O) groups is 2. The molecule has 2 aliphatic carbocycles. The third-order valence-electron chi connectivity index (χ3n) is 6.87. The van der Waals surface area contributed by atoms with Crippen LogP contribution in [0.5, 0.6) is 0 Å². The van der Waals surface area contributed by atoms with Crippen molar-refractivity contribution in [2.75, 3.05) is 30.3 Å². The van der Waals surface area contributed by atoms with Gasteiger partial charge in [-0.05, 0) is 56.2 Å². The molecule has 0 unspecified atom stereocenters. The van der Waals surface area contributed by atoms with Crippen molar-refractivity contribution < 1.29 is 9.59 Å². The monoisotopic (exact) mass is 502 g/mol. The molecule has 0 saturated heterocycles. The van der Waals surface area contributed by atoms with Crippen LogP contribution in [0.1, 0.15) is 66.1 Å². The lowest BCUT2D eigenvalue weighted by Gasteiger charge is -2.24. The van der Waals surface area contributed by atoms with Crippen LogP contribution in [0.4, 0.5) is 17.5 Å². The maximum absolute atomic E-state index is 12.6. The molecule has 10 heteroatoms. The Morgan fingerprint density at radius 3 is 2.68 bits per heavy atom. The van der Waals surface area contributed by atoms with Gasteiger partial charge in [0.25, 0.3) is 5.91 Å². The van der Waals surface area contributed by atoms with Gasteiger partial charge in [-0.1, -0.05) is 12.5 Å². The quantitative estimate of drug-likeness (QED) is 0.226. The zero-order chi connectivity index (χ0) is 25.5. The van der Waals surface area contributed by atoms with Gasteiger partial charge in [0, 0.05) is 66.9 Å². The van der Waals surface area contributed by atoms with Crippen LogP contribution in [-0.4, -0.2) is 51.4 Å². The second-order valence-corrected chi connectivity index (χ2v) is 9.76. The molecule has 10 nitrogen and oxygen atoms in total. The minimum absolute atomic E-state index is 0.139. The predicted molar refractivity (Wildman–Crippen MR) is 142 cm³/mol. The molecule has 5 rings (SSSR count). The van der Waals surface area contributed by atoms with Gasteiger partial charge in [0.05, 0.1) is 6.33 Å². The van der Waals surface area contributed by atoms with E-state index in [4.69, 9.17) is 4.98 Å². The molecule has 0 bridgehead atoms. The number of aromatic amines is 1. The van der Waals surface area contributed by atoms with Crippen LogP contribution in [0.25, 0.3) is 0 Å². The fourth-order valence-electron chi connectivity index (χ4n) is 4.31. The standard InChI is InChI=1S/C27H34N8O2/c36-25(19-4-1-5-19)30-12-3-11-29-24-23(18-8-9-18)16-32-27(35-24)34-21-7-2-6-20(14-21)26(37)31-13-10-22-15-28-17-33-22/h2,6-7,14-19H,1,3-5,8-13H2,(H,28,33)(H,30,36)(H,31,37)(H2,29,32,34,35). The average molecular weight is 503 g/mol. The number of H-pyrrole nitrogens is 1. The Balaban J connectivity index is 1.14. The molecule has 0 radical (unpaired) electrons. The van der Waals surface area contributed by atoms with Crippen LogP contribution >= 0.6 is 0 Å². The number of aromatic nitrogens is 4.